The first-order valence-electron chi connectivity index (χ1n) is 3.57. The van der Waals surface area contributed by atoms with Gasteiger partial charge in [0.1, 0.15) is 6.29 Å². The van der Waals surface area contributed by atoms with Crippen LogP contribution in [0.2, 0.25) is 0 Å². The van der Waals surface area contributed by atoms with E-state index in [0.717, 1.165) is 25.9 Å². The van der Waals surface area contributed by atoms with Crippen molar-refractivity contribution in [1.29, 1.82) is 0 Å². The summed E-state index contributed by atoms with van der Waals surface area (Å²) in [6.07, 6.45) is 1.01. The van der Waals surface area contributed by atoms with Crippen molar-refractivity contribution in [2.45, 2.75) is 12.5 Å². The SMILES string of the molecule is CN1CCNCC1(C)C=O. The molecule has 1 saturated heterocycles. The van der Waals surface area contributed by atoms with Crippen molar-refractivity contribution in [2.75, 3.05) is 26.7 Å². The van der Waals surface area contributed by atoms with Crippen LogP contribution >= 0.6 is 0 Å². The van der Waals surface area contributed by atoms with Crippen LogP contribution in [0.25, 0.3) is 0 Å². The topological polar surface area (TPSA) is 32.3 Å². The fourth-order valence-electron chi connectivity index (χ4n) is 1.11. The predicted molar refractivity (Wildman–Crippen MR) is 40.0 cm³/mol. The molecule has 0 bridgehead atoms. The number of nitrogens with zero attached hydrogens (tertiary/aromatic N) is 1. The summed E-state index contributed by atoms with van der Waals surface area (Å²) in [4.78, 5) is 12.7. The second kappa shape index (κ2) is 2.68. The minimum atomic E-state index is -0.280. The minimum Gasteiger partial charge on any atom is -0.313 e. The average Bonchev–Trinajstić information content (AvgIpc) is 1.96. The lowest BCUT2D eigenvalue weighted by molar-refractivity contribution is -0.117. The molecular weight excluding hydrogens is 128 g/mol. The highest BCUT2D eigenvalue weighted by Crippen LogP contribution is 2.10. The highest BCUT2D eigenvalue weighted by atomic mass is 16.1. The normalized spacial score (nSPS) is 35.8. The zero-order valence-electron chi connectivity index (χ0n) is 6.55. The summed E-state index contributed by atoms with van der Waals surface area (Å²) in [7, 11) is 1.98. The number of rotatable bonds is 1. The Kier molecular flexibility index (Phi) is 2.06. The van der Waals surface area contributed by atoms with E-state index in [4.69, 9.17) is 0 Å². The molecule has 1 fully saturated rings. The smallest absolute Gasteiger partial charge is 0.141 e. The molecule has 10 heavy (non-hydrogen) atoms. The summed E-state index contributed by atoms with van der Waals surface area (Å²) < 4.78 is 0. The molecule has 3 nitrogen and oxygen atoms in total. The Hall–Kier alpha value is -0.410. The lowest BCUT2D eigenvalue weighted by atomic mass is 10.0. The van der Waals surface area contributed by atoms with Gasteiger partial charge in [0.2, 0.25) is 0 Å². The molecule has 0 aliphatic carbocycles. The third-order valence-corrected chi connectivity index (χ3v) is 2.23. The maximum absolute atomic E-state index is 10.6. The van der Waals surface area contributed by atoms with Crippen LogP contribution in [0.3, 0.4) is 0 Å². The molecule has 1 aliphatic rings. The van der Waals surface area contributed by atoms with Gasteiger partial charge in [-0.15, -0.1) is 0 Å². The molecule has 1 unspecified atom stereocenters. The van der Waals surface area contributed by atoms with Crippen LogP contribution in [-0.2, 0) is 4.79 Å². The van der Waals surface area contributed by atoms with Gasteiger partial charge in [-0.25, -0.2) is 0 Å². The molecule has 0 amide bonds. The van der Waals surface area contributed by atoms with E-state index in [1.165, 1.54) is 0 Å². The van der Waals surface area contributed by atoms with Crippen molar-refractivity contribution in [2.24, 2.45) is 0 Å². The first-order chi connectivity index (χ1) is 4.69. The molecule has 0 spiro atoms. The van der Waals surface area contributed by atoms with Gasteiger partial charge in [-0.1, -0.05) is 0 Å². The maximum atomic E-state index is 10.6. The van der Waals surface area contributed by atoms with E-state index in [-0.39, 0.29) is 5.54 Å². The van der Waals surface area contributed by atoms with E-state index in [9.17, 15) is 4.79 Å². The lowest BCUT2D eigenvalue weighted by Crippen LogP contribution is -2.58. The fraction of sp³-hybridized carbons (Fsp3) is 0.857. The van der Waals surface area contributed by atoms with Crippen molar-refractivity contribution in [3.8, 4) is 0 Å². The van der Waals surface area contributed by atoms with Gasteiger partial charge >= 0.3 is 0 Å². The van der Waals surface area contributed by atoms with Gasteiger partial charge in [-0.2, -0.15) is 0 Å². The third kappa shape index (κ3) is 1.20. The first kappa shape index (κ1) is 7.69. The zero-order chi connectivity index (χ0) is 7.61. The van der Waals surface area contributed by atoms with Crippen molar-refractivity contribution in [3.05, 3.63) is 0 Å². The van der Waals surface area contributed by atoms with Gasteiger partial charge in [-0.3, -0.25) is 4.90 Å². The Bertz CT molecular complexity index is 138. The van der Waals surface area contributed by atoms with E-state index in [1.807, 2.05) is 14.0 Å². The molecule has 3 heteroatoms. The quantitative estimate of drug-likeness (QED) is 0.500. The summed E-state index contributed by atoms with van der Waals surface area (Å²) in [6, 6.07) is 0. The minimum absolute atomic E-state index is 0.280. The van der Waals surface area contributed by atoms with Crippen LogP contribution in [0.4, 0.5) is 0 Å². The molecule has 0 radical (unpaired) electrons. The van der Waals surface area contributed by atoms with E-state index >= 15 is 0 Å². The fourth-order valence-corrected chi connectivity index (χ4v) is 1.11. The number of hydrogen-bond acceptors (Lipinski definition) is 3. The van der Waals surface area contributed by atoms with E-state index < -0.39 is 0 Å². The highest BCUT2D eigenvalue weighted by molar-refractivity contribution is 5.64. The van der Waals surface area contributed by atoms with Crippen LogP contribution in [0.1, 0.15) is 6.92 Å². The van der Waals surface area contributed by atoms with E-state index in [2.05, 4.69) is 10.2 Å². The van der Waals surface area contributed by atoms with Crippen molar-refractivity contribution in [1.82, 2.24) is 10.2 Å². The number of hydrogen-bond donors (Lipinski definition) is 1. The highest BCUT2D eigenvalue weighted by Gasteiger charge is 2.30. The maximum Gasteiger partial charge on any atom is 0.141 e. The van der Waals surface area contributed by atoms with Gasteiger partial charge in [0, 0.05) is 19.6 Å². The van der Waals surface area contributed by atoms with Gasteiger partial charge in [-0.05, 0) is 14.0 Å². The lowest BCUT2D eigenvalue weighted by Gasteiger charge is -2.38. The number of nitrogens with one attached hydrogen (secondary N) is 1. The summed E-state index contributed by atoms with van der Waals surface area (Å²) in [6.45, 7) is 4.66. The largest absolute Gasteiger partial charge is 0.313 e. The summed E-state index contributed by atoms with van der Waals surface area (Å²) in [5, 5.41) is 3.18. The van der Waals surface area contributed by atoms with Crippen LogP contribution in [0.5, 0.6) is 0 Å². The summed E-state index contributed by atoms with van der Waals surface area (Å²) in [5.41, 5.74) is -0.280. The van der Waals surface area contributed by atoms with Gasteiger partial charge in [0.25, 0.3) is 0 Å². The van der Waals surface area contributed by atoms with Crippen LogP contribution in [0, 0.1) is 0 Å². The zero-order valence-corrected chi connectivity index (χ0v) is 6.55. The number of aldehydes is 1. The number of piperazine rings is 1. The molecule has 1 heterocycles. The third-order valence-electron chi connectivity index (χ3n) is 2.23. The molecule has 58 valence electrons. The van der Waals surface area contributed by atoms with Crippen LogP contribution < -0.4 is 5.32 Å². The molecule has 1 rings (SSSR count). The Balaban J connectivity index is 2.62. The van der Waals surface area contributed by atoms with Crippen LogP contribution in [0.15, 0.2) is 0 Å². The Labute approximate surface area is 61.4 Å². The van der Waals surface area contributed by atoms with Gasteiger partial charge in [0.15, 0.2) is 0 Å². The average molecular weight is 142 g/mol. The predicted octanol–water partition coefficient (Wildman–Crippen LogP) is -0.521. The Morgan fingerprint density at radius 3 is 2.80 bits per heavy atom. The molecule has 1 aliphatic heterocycles. The number of carbonyl (C=O) groups is 1. The molecule has 0 aromatic rings. The molecule has 1 atom stereocenters. The van der Waals surface area contributed by atoms with Crippen LogP contribution in [-0.4, -0.2) is 43.4 Å². The van der Waals surface area contributed by atoms with Crippen molar-refractivity contribution >= 4 is 6.29 Å². The van der Waals surface area contributed by atoms with E-state index in [0.29, 0.717) is 0 Å². The number of likely N-dealkylation sites (N-methyl/N-ethyl adjacent to an activating group) is 1. The van der Waals surface area contributed by atoms with Gasteiger partial charge in [0.05, 0.1) is 5.54 Å². The molecule has 1 N–H and O–H groups in total. The standard InChI is InChI=1S/C7H14N2O/c1-7(6-10)5-8-3-4-9(7)2/h6,8H,3-5H2,1-2H3. The van der Waals surface area contributed by atoms with Gasteiger partial charge < -0.3 is 10.1 Å². The molecule has 0 saturated carbocycles. The van der Waals surface area contributed by atoms with Crippen molar-refractivity contribution < 1.29 is 4.79 Å². The van der Waals surface area contributed by atoms with Crippen molar-refractivity contribution in [3.63, 3.8) is 0 Å². The summed E-state index contributed by atoms with van der Waals surface area (Å²) in [5.74, 6) is 0. The van der Waals surface area contributed by atoms with E-state index in [1.54, 1.807) is 0 Å². The summed E-state index contributed by atoms with van der Waals surface area (Å²) >= 11 is 0. The molecular formula is C7H14N2O. The monoisotopic (exact) mass is 142 g/mol. The second-order valence-electron chi connectivity index (χ2n) is 3.07. The Morgan fingerprint density at radius 2 is 2.40 bits per heavy atom. The second-order valence-corrected chi connectivity index (χ2v) is 3.07. The number of carbonyl (C=O) groups excluding carboxylic acids is 1. The molecule has 0 aromatic carbocycles. The molecule has 0 aromatic heterocycles. The Morgan fingerprint density at radius 1 is 1.70 bits per heavy atom. The first-order valence-corrected chi connectivity index (χ1v) is 3.57.